The molecule has 1 heterocycles. The molecule has 0 aliphatic rings. The lowest BCUT2D eigenvalue weighted by Crippen LogP contribution is -2.26. The molecular weight excluding hydrogens is 220 g/mol. The van der Waals surface area contributed by atoms with E-state index in [1.165, 1.54) is 9.75 Å². The van der Waals surface area contributed by atoms with E-state index in [1.54, 1.807) is 19.0 Å². The molecule has 1 aromatic heterocycles. The molecule has 0 aliphatic carbocycles. The van der Waals surface area contributed by atoms with E-state index in [2.05, 4.69) is 24.4 Å². The first kappa shape index (κ1) is 13.2. The number of nitrogens with zero attached hydrogens (tertiary/aromatic N) is 1. The van der Waals surface area contributed by atoms with Crippen LogP contribution in [0.4, 0.5) is 0 Å². The van der Waals surface area contributed by atoms with E-state index in [-0.39, 0.29) is 5.91 Å². The number of hydrogen-bond acceptors (Lipinski definition) is 3. The first-order valence-electron chi connectivity index (χ1n) is 5.62. The van der Waals surface area contributed by atoms with Crippen LogP contribution in [0.15, 0.2) is 12.1 Å². The monoisotopic (exact) mass is 240 g/mol. The molecule has 1 N–H and O–H groups in total. The zero-order valence-electron chi connectivity index (χ0n) is 10.2. The summed E-state index contributed by atoms with van der Waals surface area (Å²) in [6.45, 7) is 3.78. The molecule has 3 nitrogen and oxygen atoms in total. The largest absolute Gasteiger partial charge is 0.349 e. The van der Waals surface area contributed by atoms with Crippen LogP contribution in [0.3, 0.4) is 0 Å². The summed E-state index contributed by atoms with van der Waals surface area (Å²) in [5, 5.41) is 3.29. The summed E-state index contributed by atoms with van der Waals surface area (Å²) in [6.07, 6.45) is 1.67. The topological polar surface area (TPSA) is 32.3 Å². The highest BCUT2D eigenvalue weighted by molar-refractivity contribution is 7.11. The average Bonchev–Trinajstić information content (AvgIpc) is 2.71. The molecule has 0 fully saturated rings. The molecule has 1 aromatic rings. The van der Waals surface area contributed by atoms with E-state index >= 15 is 0 Å². The number of nitrogens with one attached hydrogen (secondary N) is 1. The number of hydrogen-bond donors (Lipinski definition) is 1. The maximum Gasteiger partial charge on any atom is 0.223 e. The fourth-order valence-electron chi connectivity index (χ4n) is 1.34. The van der Waals surface area contributed by atoms with Crippen LogP contribution in [0.1, 0.15) is 23.1 Å². The quantitative estimate of drug-likeness (QED) is 0.770. The molecule has 90 valence electrons. The van der Waals surface area contributed by atoms with Gasteiger partial charge in [0.05, 0.1) is 0 Å². The molecule has 0 spiro atoms. The highest BCUT2D eigenvalue weighted by Crippen LogP contribution is 2.16. The lowest BCUT2D eigenvalue weighted by atomic mass is 10.3. The zero-order valence-corrected chi connectivity index (χ0v) is 11.1. The summed E-state index contributed by atoms with van der Waals surface area (Å²) in [5.41, 5.74) is 0. The maximum atomic E-state index is 11.3. The molecule has 4 heteroatoms. The maximum absolute atomic E-state index is 11.3. The predicted octanol–water partition coefficient (Wildman–Crippen LogP) is 1.88. The Labute approximate surface area is 101 Å². The van der Waals surface area contributed by atoms with Gasteiger partial charge in [0, 0.05) is 43.4 Å². The number of carbonyl (C=O) groups excluding carboxylic acids is 1. The van der Waals surface area contributed by atoms with E-state index in [9.17, 15) is 4.79 Å². The van der Waals surface area contributed by atoms with E-state index in [4.69, 9.17) is 0 Å². The molecule has 16 heavy (non-hydrogen) atoms. The van der Waals surface area contributed by atoms with Gasteiger partial charge in [-0.25, -0.2) is 0 Å². The number of carbonyl (C=O) groups is 1. The van der Waals surface area contributed by atoms with Crippen molar-refractivity contribution in [2.75, 3.05) is 20.6 Å². The lowest BCUT2D eigenvalue weighted by Gasteiger charge is -2.09. The standard InChI is InChI=1S/C12H20N2OS/c1-4-10-5-6-11(16-10)9-13-8-7-12(15)14(2)3/h5-6,13H,4,7-9H2,1-3H3. The molecular formula is C12H20N2OS. The van der Waals surface area contributed by atoms with Gasteiger partial charge in [-0.3, -0.25) is 4.79 Å². The van der Waals surface area contributed by atoms with Crippen molar-refractivity contribution in [2.24, 2.45) is 0 Å². The molecule has 0 aromatic carbocycles. The summed E-state index contributed by atoms with van der Waals surface area (Å²) < 4.78 is 0. The van der Waals surface area contributed by atoms with E-state index < -0.39 is 0 Å². The van der Waals surface area contributed by atoms with Crippen molar-refractivity contribution in [1.29, 1.82) is 0 Å². The average molecular weight is 240 g/mol. The zero-order chi connectivity index (χ0) is 12.0. The van der Waals surface area contributed by atoms with E-state index in [0.29, 0.717) is 6.42 Å². The van der Waals surface area contributed by atoms with Gasteiger partial charge in [-0.1, -0.05) is 6.92 Å². The molecule has 0 saturated carbocycles. The van der Waals surface area contributed by atoms with E-state index in [0.717, 1.165) is 19.5 Å². The molecule has 0 aliphatic heterocycles. The van der Waals surface area contributed by atoms with Crippen molar-refractivity contribution >= 4 is 17.2 Å². The second-order valence-electron chi connectivity index (χ2n) is 3.94. The van der Waals surface area contributed by atoms with Gasteiger partial charge in [-0.05, 0) is 18.6 Å². The van der Waals surface area contributed by atoms with Gasteiger partial charge >= 0.3 is 0 Å². The normalized spacial score (nSPS) is 10.4. The Balaban J connectivity index is 2.18. The Morgan fingerprint density at radius 2 is 2.06 bits per heavy atom. The van der Waals surface area contributed by atoms with Crippen LogP contribution in [-0.2, 0) is 17.8 Å². The van der Waals surface area contributed by atoms with Gasteiger partial charge in [-0.2, -0.15) is 0 Å². The van der Waals surface area contributed by atoms with Crippen LogP contribution >= 0.6 is 11.3 Å². The highest BCUT2D eigenvalue weighted by atomic mass is 32.1. The third-order valence-corrected chi connectivity index (χ3v) is 3.61. The second-order valence-corrected chi connectivity index (χ2v) is 5.19. The smallest absolute Gasteiger partial charge is 0.223 e. The summed E-state index contributed by atoms with van der Waals surface area (Å²) in [4.78, 5) is 15.7. The SMILES string of the molecule is CCc1ccc(CNCCC(=O)N(C)C)s1. The fraction of sp³-hybridized carbons (Fsp3) is 0.583. The molecule has 0 bridgehead atoms. The summed E-state index contributed by atoms with van der Waals surface area (Å²) in [5.74, 6) is 0.174. The summed E-state index contributed by atoms with van der Waals surface area (Å²) in [6, 6.07) is 4.33. The van der Waals surface area contributed by atoms with Gasteiger partial charge in [0.1, 0.15) is 0 Å². The number of aryl methyl sites for hydroxylation is 1. The molecule has 1 amide bonds. The van der Waals surface area contributed by atoms with Crippen LogP contribution in [0.25, 0.3) is 0 Å². The van der Waals surface area contributed by atoms with Crippen LogP contribution in [0.5, 0.6) is 0 Å². The van der Waals surface area contributed by atoms with Crippen molar-refractivity contribution in [3.05, 3.63) is 21.9 Å². The van der Waals surface area contributed by atoms with E-state index in [1.807, 2.05) is 11.3 Å². The van der Waals surface area contributed by atoms with Crippen molar-refractivity contribution in [2.45, 2.75) is 26.3 Å². The number of amides is 1. The van der Waals surface area contributed by atoms with Crippen molar-refractivity contribution in [3.63, 3.8) is 0 Å². The highest BCUT2D eigenvalue weighted by Gasteiger charge is 2.03. The number of thiophene rings is 1. The van der Waals surface area contributed by atoms with Gasteiger partial charge in [0.25, 0.3) is 0 Å². The predicted molar refractivity (Wildman–Crippen MR) is 68.7 cm³/mol. The first-order valence-corrected chi connectivity index (χ1v) is 6.43. The molecule has 0 radical (unpaired) electrons. The third-order valence-electron chi connectivity index (χ3n) is 2.38. The Morgan fingerprint density at radius 1 is 1.38 bits per heavy atom. The molecule has 0 unspecified atom stereocenters. The van der Waals surface area contributed by atoms with Gasteiger partial charge in [-0.15, -0.1) is 11.3 Å². The Kier molecular flexibility index (Phi) is 5.49. The van der Waals surface area contributed by atoms with Crippen molar-refractivity contribution < 1.29 is 4.79 Å². The lowest BCUT2D eigenvalue weighted by molar-refractivity contribution is -0.128. The Bertz CT molecular complexity index is 334. The van der Waals surface area contributed by atoms with Crippen molar-refractivity contribution in [3.8, 4) is 0 Å². The van der Waals surface area contributed by atoms with Crippen LogP contribution < -0.4 is 5.32 Å². The number of rotatable bonds is 6. The van der Waals surface area contributed by atoms with Gasteiger partial charge in [0.15, 0.2) is 0 Å². The minimum Gasteiger partial charge on any atom is -0.349 e. The summed E-state index contributed by atoms with van der Waals surface area (Å²) >= 11 is 1.84. The van der Waals surface area contributed by atoms with Crippen LogP contribution in [0, 0.1) is 0 Å². The molecule has 0 saturated heterocycles. The van der Waals surface area contributed by atoms with Crippen LogP contribution in [-0.4, -0.2) is 31.4 Å². The minimum absolute atomic E-state index is 0.174. The molecule has 1 rings (SSSR count). The second kappa shape index (κ2) is 6.66. The fourth-order valence-corrected chi connectivity index (χ4v) is 2.27. The van der Waals surface area contributed by atoms with Gasteiger partial charge in [0.2, 0.25) is 5.91 Å². The minimum atomic E-state index is 0.174. The summed E-state index contributed by atoms with van der Waals surface area (Å²) in [7, 11) is 3.57. The Hall–Kier alpha value is -0.870. The first-order chi connectivity index (χ1) is 7.63. The van der Waals surface area contributed by atoms with Gasteiger partial charge < -0.3 is 10.2 Å². The molecule has 0 atom stereocenters. The third kappa shape index (κ3) is 4.33. The van der Waals surface area contributed by atoms with Crippen molar-refractivity contribution in [1.82, 2.24) is 10.2 Å². The Morgan fingerprint density at radius 3 is 2.62 bits per heavy atom. The van der Waals surface area contributed by atoms with Crippen LogP contribution in [0.2, 0.25) is 0 Å².